The van der Waals surface area contributed by atoms with Gasteiger partial charge in [0.25, 0.3) is 0 Å². The summed E-state index contributed by atoms with van der Waals surface area (Å²) in [5, 5.41) is 4.25. The summed E-state index contributed by atoms with van der Waals surface area (Å²) < 4.78 is 23.1. The van der Waals surface area contributed by atoms with Crippen molar-refractivity contribution in [2.75, 3.05) is 6.26 Å². The van der Waals surface area contributed by atoms with E-state index in [9.17, 15) is 13.2 Å². The topological polar surface area (TPSA) is 75.6 Å². The fourth-order valence-electron chi connectivity index (χ4n) is 6.04. The first-order valence-electron chi connectivity index (χ1n) is 9.86. The molecule has 0 unspecified atom stereocenters. The van der Waals surface area contributed by atoms with Crippen molar-refractivity contribution in [2.45, 2.75) is 56.8 Å². The first-order valence-corrected chi connectivity index (χ1v) is 11.8. The zero-order chi connectivity index (χ0) is 19.2. The average molecular weight is 389 g/mol. The third kappa shape index (κ3) is 3.96. The molecule has 5 rings (SSSR count). The zero-order valence-electron chi connectivity index (χ0n) is 16.1. The molecule has 0 radical (unpaired) electrons. The molecule has 1 amide bonds. The fourth-order valence-corrected chi connectivity index (χ4v) is 6.67. The molecule has 4 aliphatic rings. The maximum absolute atomic E-state index is 12.6. The van der Waals surface area contributed by atoms with E-state index in [2.05, 4.69) is 10.5 Å². The van der Waals surface area contributed by atoms with Crippen molar-refractivity contribution < 1.29 is 13.2 Å². The van der Waals surface area contributed by atoms with Gasteiger partial charge in [0.15, 0.2) is 9.84 Å². The van der Waals surface area contributed by atoms with Crippen LogP contribution in [0.2, 0.25) is 0 Å². The van der Waals surface area contributed by atoms with Gasteiger partial charge in [0.1, 0.15) is 0 Å². The molecule has 1 aromatic rings. The van der Waals surface area contributed by atoms with E-state index in [4.69, 9.17) is 0 Å². The van der Waals surface area contributed by atoms with Crippen LogP contribution in [0, 0.1) is 23.2 Å². The molecule has 4 fully saturated rings. The first kappa shape index (κ1) is 18.7. The Labute approximate surface area is 161 Å². The number of sulfone groups is 1. The smallest absolute Gasteiger partial charge is 0.240 e. The van der Waals surface area contributed by atoms with Gasteiger partial charge in [0.05, 0.1) is 10.6 Å². The van der Waals surface area contributed by atoms with Crippen LogP contribution in [0.25, 0.3) is 0 Å². The third-order valence-corrected chi connectivity index (χ3v) is 7.88. The van der Waals surface area contributed by atoms with E-state index in [1.165, 1.54) is 44.8 Å². The predicted octanol–water partition coefficient (Wildman–Crippen LogP) is 3.54. The summed E-state index contributed by atoms with van der Waals surface area (Å²) in [5.41, 5.74) is 4.42. The standard InChI is InChI=1S/C21H28N2O3S/c1-14(18-3-5-19(6-4-18)27(2,25)26)22-23-20(24)13-21-10-15-7-16(11-21)9-17(8-15)12-21/h3-6,15-17H,7-13H2,1-2H3,(H,23,24)/b22-14-. The molecule has 0 saturated heterocycles. The molecule has 5 nitrogen and oxygen atoms in total. The molecule has 146 valence electrons. The number of carbonyl (C=O) groups excluding carboxylic acids is 1. The highest BCUT2D eigenvalue weighted by atomic mass is 32.2. The minimum atomic E-state index is -3.21. The van der Waals surface area contributed by atoms with Crippen molar-refractivity contribution in [1.82, 2.24) is 5.43 Å². The van der Waals surface area contributed by atoms with E-state index >= 15 is 0 Å². The lowest BCUT2D eigenvalue weighted by Gasteiger charge is -2.56. The van der Waals surface area contributed by atoms with E-state index in [1.807, 2.05) is 6.92 Å². The van der Waals surface area contributed by atoms with Crippen molar-refractivity contribution in [2.24, 2.45) is 28.3 Å². The van der Waals surface area contributed by atoms with E-state index in [0.717, 1.165) is 23.3 Å². The molecule has 1 N–H and O–H groups in total. The SMILES string of the molecule is C/C(=N/NC(=O)CC12CC3CC(CC(C3)C1)C2)c1ccc(S(C)(=O)=O)cc1. The van der Waals surface area contributed by atoms with Gasteiger partial charge in [-0.05, 0) is 86.3 Å². The molecule has 1 aromatic carbocycles. The number of amides is 1. The number of hydrogen-bond donors (Lipinski definition) is 1. The van der Waals surface area contributed by atoms with Crippen LogP contribution in [0.1, 0.15) is 57.4 Å². The minimum Gasteiger partial charge on any atom is -0.273 e. The lowest BCUT2D eigenvalue weighted by molar-refractivity contribution is -0.129. The minimum absolute atomic E-state index is 0.00376. The highest BCUT2D eigenvalue weighted by molar-refractivity contribution is 7.90. The number of benzene rings is 1. The molecule has 0 atom stereocenters. The Hall–Kier alpha value is -1.69. The molecule has 6 heteroatoms. The number of nitrogens with one attached hydrogen (secondary N) is 1. The zero-order valence-corrected chi connectivity index (χ0v) is 16.9. The highest BCUT2D eigenvalue weighted by Gasteiger charge is 2.51. The van der Waals surface area contributed by atoms with Crippen molar-refractivity contribution in [3.05, 3.63) is 29.8 Å². The highest BCUT2D eigenvalue weighted by Crippen LogP contribution is 2.61. The largest absolute Gasteiger partial charge is 0.273 e. The van der Waals surface area contributed by atoms with Crippen LogP contribution in [-0.4, -0.2) is 26.3 Å². The summed E-state index contributed by atoms with van der Waals surface area (Å²) in [5.74, 6) is 2.51. The summed E-state index contributed by atoms with van der Waals surface area (Å²) in [7, 11) is -3.21. The van der Waals surface area contributed by atoms with Crippen LogP contribution in [0.5, 0.6) is 0 Å². The third-order valence-electron chi connectivity index (χ3n) is 6.75. The molecular weight excluding hydrogens is 360 g/mol. The van der Waals surface area contributed by atoms with Gasteiger partial charge in [0, 0.05) is 12.7 Å². The van der Waals surface area contributed by atoms with E-state index in [1.54, 1.807) is 24.3 Å². The van der Waals surface area contributed by atoms with Gasteiger partial charge in [-0.25, -0.2) is 13.8 Å². The summed E-state index contributed by atoms with van der Waals surface area (Å²) in [4.78, 5) is 12.8. The molecule has 0 aromatic heterocycles. The lowest BCUT2D eigenvalue weighted by Crippen LogP contribution is -2.47. The fraction of sp³-hybridized carbons (Fsp3) is 0.619. The molecule has 4 saturated carbocycles. The van der Waals surface area contributed by atoms with Gasteiger partial charge in [-0.2, -0.15) is 5.10 Å². The Bertz CT molecular complexity index is 836. The molecule has 0 aliphatic heterocycles. The second-order valence-electron chi connectivity index (χ2n) is 9.12. The van der Waals surface area contributed by atoms with Crippen LogP contribution >= 0.6 is 0 Å². The molecule has 4 bridgehead atoms. The quantitative estimate of drug-likeness (QED) is 0.619. The Morgan fingerprint density at radius 3 is 2.07 bits per heavy atom. The number of rotatable bonds is 5. The second-order valence-corrected chi connectivity index (χ2v) is 11.1. The van der Waals surface area contributed by atoms with Gasteiger partial charge in [-0.3, -0.25) is 4.79 Å². The molecule has 0 heterocycles. The van der Waals surface area contributed by atoms with Gasteiger partial charge in [-0.1, -0.05) is 12.1 Å². The Kier molecular flexibility index (Phi) is 4.65. The lowest BCUT2D eigenvalue weighted by atomic mass is 9.49. The summed E-state index contributed by atoms with van der Waals surface area (Å²) >= 11 is 0. The number of hydrogen-bond acceptors (Lipinski definition) is 4. The Morgan fingerprint density at radius 2 is 1.59 bits per heavy atom. The summed E-state index contributed by atoms with van der Waals surface area (Å²) in [6.07, 6.45) is 9.53. The number of hydrazone groups is 1. The van der Waals surface area contributed by atoms with Gasteiger partial charge < -0.3 is 0 Å². The van der Waals surface area contributed by atoms with Gasteiger partial charge >= 0.3 is 0 Å². The monoisotopic (exact) mass is 388 g/mol. The second kappa shape index (κ2) is 6.73. The van der Waals surface area contributed by atoms with Crippen molar-refractivity contribution in [3.8, 4) is 0 Å². The van der Waals surface area contributed by atoms with Crippen LogP contribution in [0.15, 0.2) is 34.3 Å². The van der Waals surface area contributed by atoms with Crippen LogP contribution in [-0.2, 0) is 14.6 Å². The van der Waals surface area contributed by atoms with Crippen LogP contribution < -0.4 is 5.43 Å². The first-order chi connectivity index (χ1) is 12.7. The van der Waals surface area contributed by atoms with Crippen molar-refractivity contribution in [1.29, 1.82) is 0 Å². The average Bonchev–Trinajstić information content (AvgIpc) is 2.57. The van der Waals surface area contributed by atoms with E-state index < -0.39 is 9.84 Å². The van der Waals surface area contributed by atoms with Crippen LogP contribution in [0.3, 0.4) is 0 Å². The van der Waals surface area contributed by atoms with E-state index in [-0.39, 0.29) is 16.2 Å². The summed E-state index contributed by atoms with van der Waals surface area (Å²) in [6.45, 7) is 1.82. The molecule has 27 heavy (non-hydrogen) atoms. The predicted molar refractivity (Wildman–Crippen MR) is 105 cm³/mol. The summed E-state index contributed by atoms with van der Waals surface area (Å²) in [6, 6.07) is 6.59. The van der Waals surface area contributed by atoms with Crippen LogP contribution in [0.4, 0.5) is 0 Å². The number of carbonyl (C=O) groups is 1. The number of nitrogens with zero attached hydrogens (tertiary/aromatic N) is 1. The Balaban J connectivity index is 1.38. The molecular formula is C21H28N2O3S. The van der Waals surface area contributed by atoms with Gasteiger partial charge in [-0.15, -0.1) is 0 Å². The van der Waals surface area contributed by atoms with E-state index in [0.29, 0.717) is 12.1 Å². The Morgan fingerprint density at radius 1 is 1.07 bits per heavy atom. The maximum atomic E-state index is 12.6. The van der Waals surface area contributed by atoms with Crippen molar-refractivity contribution >= 4 is 21.5 Å². The molecule has 0 spiro atoms. The van der Waals surface area contributed by atoms with Gasteiger partial charge in [0.2, 0.25) is 5.91 Å². The van der Waals surface area contributed by atoms with Crippen molar-refractivity contribution in [3.63, 3.8) is 0 Å². The molecule has 4 aliphatic carbocycles. The maximum Gasteiger partial charge on any atom is 0.240 e. The normalized spacial score (nSPS) is 32.5.